The highest BCUT2D eigenvalue weighted by molar-refractivity contribution is 7.26. The van der Waals surface area contributed by atoms with Gasteiger partial charge in [0.15, 0.2) is 0 Å². The predicted octanol–water partition coefficient (Wildman–Crippen LogP) is 17.6. The van der Waals surface area contributed by atoms with Crippen molar-refractivity contribution >= 4 is 99.6 Å². The minimum atomic E-state index is -0.191. The van der Waals surface area contributed by atoms with Crippen molar-refractivity contribution in [3.63, 3.8) is 0 Å². The molecule has 1 aliphatic carbocycles. The zero-order valence-corrected chi connectivity index (χ0v) is 46.7. The van der Waals surface area contributed by atoms with Crippen LogP contribution in [0.3, 0.4) is 0 Å². The highest BCUT2D eigenvalue weighted by atomic mass is 32.1. The standard InChI is InChI=1S/C69H68BN3S/c1-65(2,3)41-26-30-45(31-27-41)71(46-32-28-42(29-33-46)66(4,5)6)47-34-35-53-56(40-47)72(55-24-19-22-49-48-20-16-18-25-59(48)74-64(49)55)57-38-44(68(10,11)12)39-58-61(57)70(53)54-37-43(67(7,8)9)36-51-60-63(73(58)62(51)54)50-21-15-17-23-52(50)69(60,13)14/h15-40H,1-14H3. The van der Waals surface area contributed by atoms with Gasteiger partial charge in [0.1, 0.15) is 0 Å². The molecule has 0 amide bonds. The third-order valence-electron chi connectivity index (χ3n) is 17.0. The van der Waals surface area contributed by atoms with Crippen LogP contribution in [0.5, 0.6) is 0 Å². The number of hydrogen-bond acceptors (Lipinski definition) is 3. The molecule has 0 atom stereocenters. The van der Waals surface area contributed by atoms with E-state index in [-0.39, 0.29) is 33.8 Å². The molecule has 74 heavy (non-hydrogen) atoms. The fourth-order valence-electron chi connectivity index (χ4n) is 12.9. The molecule has 2 aromatic heterocycles. The average molecular weight is 982 g/mol. The minimum absolute atomic E-state index is 0.0211. The van der Waals surface area contributed by atoms with Crippen LogP contribution in [0.25, 0.3) is 48.0 Å². The summed E-state index contributed by atoms with van der Waals surface area (Å²) >= 11 is 1.92. The Kier molecular flexibility index (Phi) is 9.91. The van der Waals surface area contributed by atoms with Crippen LogP contribution >= 0.6 is 11.3 Å². The molecule has 2 aliphatic heterocycles. The third-order valence-corrected chi connectivity index (χ3v) is 18.2. The number of benzene rings is 8. The molecule has 13 rings (SSSR count). The monoisotopic (exact) mass is 982 g/mol. The van der Waals surface area contributed by atoms with Gasteiger partial charge in [-0.25, -0.2) is 0 Å². The Labute approximate surface area is 443 Å². The SMILES string of the molecule is CC(C)(C)c1ccc(N(c2ccc(C(C)(C)C)cc2)c2ccc3c(c2)N(c2cccc4c2sc2ccccc24)c2cc(C(C)(C)C)cc4c2B3c2cc(C(C)(C)C)cc3c5c(n-4c23)-c2ccccc2C5(C)C)cc1. The molecular weight excluding hydrogens is 914 g/mol. The van der Waals surface area contributed by atoms with Gasteiger partial charge >= 0.3 is 0 Å². The first-order valence-corrected chi connectivity index (χ1v) is 27.7. The first-order valence-electron chi connectivity index (χ1n) is 26.9. The molecule has 4 heterocycles. The molecule has 3 nitrogen and oxygen atoms in total. The van der Waals surface area contributed by atoms with E-state index in [0.29, 0.717) is 0 Å². The average Bonchev–Trinajstić information content (AvgIpc) is 4.15. The lowest BCUT2D eigenvalue weighted by atomic mass is 9.33. The molecule has 3 aliphatic rings. The van der Waals surface area contributed by atoms with E-state index < -0.39 is 0 Å². The van der Waals surface area contributed by atoms with E-state index in [2.05, 4.69) is 269 Å². The summed E-state index contributed by atoms with van der Waals surface area (Å²) in [6.45, 7) is 33.0. The van der Waals surface area contributed by atoms with Gasteiger partial charge in [-0.2, -0.15) is 0 Å². The Bertz CT molecular complexity index is 3910. The van der Waals surface area contributed by atoms with Crippen LogP contribution in [-0.4, -0.2) is 11.3 Å². The second kappa shape index (κ2) is 15.6. The van der Waals surface area contributed by atoms with Crippen molar-refractivity contribution in [3.8, 4) is 16.9 Å². The molecule has 5 heteroatoms. The molecule has 0 saturated heterocycles. The van der Waals surface area contributed by atoms with E-state index >= 15 is 0 Å². The van der Waals surface area contributed by atoms with Crippen LogP contribution < -0.4 is 26.2 Å². The molecular formula is C69H68BN3S. The molecule has 8 aromatic carbocycles. The van der Waals surface area contributed by atoms with Crippen molar-refractivity contribution < 1.29 is 0 Å². The van der Waals surface area contributed by atoms with Crippen molar-refractivity contribution in [1.82, 2.24) is 4.57 Å². The Morgan fingerprint density at radius 1 is 0.459 bits per heavy atom. The highest BCUT2D eigenvalue weighted by Gasteiger charge is 2.48. The van der Waals surface area contributed by atoms with E-state index in [0.717, 1.165) is 17.1 Å². The molecule has 0 fully saturated rings. The van der Waals surface area contributed by atoms with Gasteiger partial charge in [-0.05, 0) is 138 Å². The van der Waals surface area contributed by atoms with E-state index in [1.54, 1.807) is 0 Å². The van der Waals surface area contributed by atoms with Crippen molar-refractivity contribution in [1.29, 1.82) is 0 Å². The lowest BCUT2D eigenvalue weighted by molar-refractivity contribution is 0.590. The summed E-state index contributed by atoms with van der Waals surface area (Å²) < 4.78 is 5.34. The number of rotatable bonds is 4. The number of thiophene rings is 1. The Hall–Kier alpha value is -6.82. The molecule has 0 saturated carbocycles. The van der Waals surface area contributed by atoms with Gasteiger partial charge in [-0.3, -0.25) is 0 Å². The molecule has 10 aromatic rings. The van der Waals surface area contributed by atoms with Gasteiger partial charge in [-0.15, -0.1) is 11.3 Å². The van der Waals surface area contributed by atoms with Crippen LogP contribution in [0.15, 0.2) is 158 Å². The summed E-state index contributed by atoms with van der Waals surface area (Å²) in [4.78, 5) is 5.17. The van der Waals surface area contributed by atoms with Gasteiger partial charge in [0.25, 0.3) is 6.71 Å². The molecule has 0 bridgehead atoms. The fourth-order valence-corrected chi connectivity index (χ4v) is 14.1. The van der Waals surface area contributed by atoms with Crippen molar-refractivity contribution in [2.75, 3.05) is 9.80 Å². The largest absolute Gasteiger partial charge is 0.310 e. The number of anilines is 6. The first kappa shape index (κ1) is 46.9. The van der Waals surface area contributed by atoms with Gasteiger partial charge in [-0.1, -0.05) is 188 Å². The maximum atomic E-state index is 2.73. The number of aromatic nitrogens is 1. The van der Waals surface area contributed by atoms with Gasteiger partial charge in [0.2, 0.25) is 0 Å². The Morgan fingerprint density at radius 2 is 1.03 bits per heavy atom. The van der Waals surface area contributed by atoms with E-state index in [4.69, 9.17) is 0 Å². The van der Waals surface area contributed by atoms with Crippen molar-refractivity contribution in [3.05, 3.63) is 191 Å². The topological polar surface area (TPSA) is 11.4 Å². The Balaban J connectivity index is 1.17. The Morgan fingerprint density at radius 3 is 1.68 bits per heavy atom. The zero-order valence-electron chi connectivity index (χ0n) is 45.8. The van der Waals surface area contributed by atoms with Gasteiger partial charge in [0, 0.05) is 71.5 Å². The predicted molar refractivity (Wildman–Crippen MR) is 323 cm³/mol. The van der Waals surface area contributed by atoms with Gasteiger partial charge in [0.05, 0.1) is 16.1 Å². The molecule has 0 radical (unpaired) electrons. The van der Waals surface area contributed by atoms with Crippen LogP contribution in [-0.2, 0) is 27.1 Å². The first-order chi connectivity index (χ1) is 35.0. The second-order valence-electron chi connectivity index (χ2n) is 26.3. The summed E-state index contributed by atoms with van der Waals surface area (Å²) in [6.07, 6.45) is 0. The van der Waals surface area contributed by atoms with Crippen molar-refractivity contribution in [2.45, 2.75) is 124 Å². The van der Waals surface area contributed by atoms with E-state index in [1.807, 2.05) is 11.3 Å². The second-order valence-corrected chi connectivity index (χ2v) is 27.4. The van der Waals surface area contributed by atoms with Crippen molar-refractivity contribution in [2.24, 2.45) is 0 Å². The normalized spacial score (nSPS) is 14.7. The molecule has 0 spiro atoms. The highest BCUT2D eigenvalue weighted by Crippen LogP contribution is 2.56. The van der Waals surface area contributed by atoms with Crippen LogP contribution in [0.1, 0.15) is 130 Å². The van der Waals surface area contributed by atoms with Gasteiger partial charge < -0.3 is 14.4 Å². The minimum Gasteiger partial charge on any atom is -0.310 e. The van der Waals surface area contributed by atoms with Crippen LogP contribution in [0.4, 0.5) is 34.1 Å². The lowest BCUT2D eigenvalue weighted by Gasteiger charge is -2.42. The number of fused-ring (bicyclic) bond motifs is 12. The number of nitrogens with zero attached hydrogens (tertiary/aromatic N) is 3. The molecule has 368 valence electrons. The maximum absolute atomic E-state index is 2.73. The summed E-state index contributed by atoms with van der Waals surface area (Å²) in [7, 11) is 0. The summed E-state index contributed by atoms with van der Waals surface area (Å²) in [5, 5.41) is 3.99. The summed E-state index contributed by atoms with van der Waals surface area (Å²) in [5.41, 5.74) is 24.4. The van der Waals surface area contributed by atoms with Crippen LogP contribution in [0.2, 0.25) is 0 Å². The molecule has 0 unspecified atom stereocenters. The maximum Gasteiger partial charge on any atom is 0.252 e. The number of hydrogen-bond donors (Lipinski definition) is 0. The quantitative estimate of drug-likeness (QED) is 0.163. The van der Waals surface area contributed by atoms with E-state index in [9.17, 15) is 0 Å². The molecule has 0 N–H and O–H groups in total. The zero-order chi connectivity index (χ0) is 51.8. The van der Waals surface area contributed by atoms with Crippen LogP contribution in [0, 0.1) is 0 Å². The smallest absolute Gasteiger partial charge is 0.252 e. The fraction of sp³-hybridized carbons (Fsp3) is 0.275. The summed E-state index contributed by atoms with van der Waals surface area (Å²) in [6, 6.07) is 61.6. The third kappa shape index (κ3) is 6.84. The van der Waals surface area contributed by atoms with E-state index in [1.165, 1.54) is 115 Å². The summed E-state index contributed by atoms with van der Waals surface area (Å²) in [5.74, 6) is 0. The lowest BCUT2D eigenvalue weighted by Crippen LogP contribution is -2.60.